The van der Waals surface area contributed by atoms with E-state index in [2.05, 4.69) is 77.6 Å². The number of aromatic nitrogens is 1. The van der Waals surface area contributed by atoms with Crippen molar-refractivity contribution in [2.24, 2.45) is 0 Å². The third-order valence-electron chi connectivity index (χ3n) is 7.05. The maximum atomic E-state index is 13.7. The molecule has 38 heavy (non-hydrogen) atoms. The predicted octanol–water partition coefficient (Wildman–Crippen LogP) is 6.19. The number of hydrogen-bond donors (Lipinski definition) is 0. The van der Waals surface area contributed by atoms with Crippen LogP contribution in [-0.4, -0.2) is 53.0 Å². The number of ether oxygens (including phenoxy) is 1. The van der Waals surface area contributed by atoms with Crippen molar-refractivity contribution in [1.29, 1.82) is 0 Å². The quantitative estimate of drug-likeness (QED) is 0.255. The molecule has 0 aliphatic carbocycles. The molecule has 0 N–H and O–H groups in total. The van der Waals surface area contributed by atoms with E-state index >= 15 is 0 Å². The minimum Gasteiger partial charge on any atom is -0.488 e. The van der Waals surface area contributed by atoms with Gasteiger partial charge in [-0.2, -0.15) is 0 Å². The fourth-order valence-electron chi connectivity index (χ4n) is 5.05. The molecule has 1 amide bonds. The van der Waals surface area contributed by atoms with Crippen LogP contribution in [0.3, 0.4) is 0 Å². The average Bonchev–Trinajstić information content (AvgIpc) is 3.32. The second-order valence-corrected chi connectivity index (χ2v) is 9.80. The molecule has 0 unspecified atom stereocenters. The summed E-state index contributed by atoms with van der Waals surface area (Å²) in [4.78, 5) is 18.1. The molecule has 194 valence electrons. The first kappa shape index (κ1) is 25.6. The molecule has 0 atom stereocenters. The first-order valence-corrected chi connectivity index (χ1v) is 13.3. The van der Waals surface area contributed by atoms with E-state index < -0.39 is 0 Å². The Hall–Kier alpha value is -4.09. The van der Waals surface area contributed by atoms with Gasteiger partial charge in [-0.3, -0.25) is 9.69 Å². The van der Waals surface area contributed by atoms with Crippen LogP contribution in [0.1, 0.15) is 27.2 Å². The Morgan fingerprint density at radius 3 is 2.47 bits per heavy atom. The number of benzene rings is 3. The van der Waals surface area contributed by atoms with Crippen molar-refractivity contribution < 1.29 is 9.53 Å². The van der Waals surface area contributed by atoms with E-state index in [1.807, 2.05) is 47.4 Å². The number of aryl methyl sites for hydroxylation is 1. The van der Waals surface area contributed by atoms with Gasteiger partial charge in [0.15, 0.2) is 0 Å². The molecule has 2 heterocycles. The first-order chi connectivity index (χ1) is 18.6. The predicted molar refractivity (Wildman–Crippen MR) is 155 cm³/mol. The van der Waals surface area contributed by atoms with E-state index in [9.17, 15) is 4.79 Å². The monoisotopic (exact) mass is 505 g/mol. The summed E-state index contributed by atoms with van der Waals surface area (Å²) >= 11 is 0. The van der Waals surface area contributed by atoms with E-state index in [1.54, 1.807) is 0 Å². The Morgan fingerprint density at radius 2 is 1.71 bits per heavy atom. The van der Waals surface area contributed by atoms with Crippen LogP contribution in [0, 0.1) is 6.92 Å². The van der Waals surface area contributed by atoms with Crippen molar-refractivity contribution in [1.82, 2.24) is 14.4 Å². The van der Waals surface area contributed by atoms with Crippen molar-refractivity contribution in [2.75, 3.05) is 32.7 Å². The maximum Gasteiger partial charge on any atom is 0.270 e. The molecule has 5 heteroatoms. The molecule has 3 aromatic carbocycles. The SMILES string of the molecule is C=CCn1c(C(=O)N2CCN(C/C=C/c3ccccc3)CC2)cc2c(OCc3cccc(C)c3)cccc21. The molecule has 0 saturated carbocycles. The van der Waals surface area contributed by atoms with E-state index in [4.69, 9.17) is 4.74 Å². The normalized spacial score (nSPS) is 14.3. The van der Waals surface area contributed by atoms with Gasteiger partial charge in [-0.25, -0.2) is 0 Å². The summed E-state index contributed by atoms with van der Waals surface area (Å²) in [5.74, 6) is 0.850. The van der Waals surface area contributed by atoms with Crippen LogP contribution in [0.25, 0.3) is 17.0 Å². The average molecular weight is 506 g/mol. The number of hydrogen-bond acceptors (Lipinski definition) is 3. The van der Waals surface area contributed by atoms with Crippen molar-refractivity contribution in [3.8, 4) is 5.75 Å². The van der Waals surface area contributed by atoms with E-state index in [0.717, 1.165) is 41.9 Å². The number of carbonyl (C=O) groups excluding carboxylic acids is 1. The molecular formula is C33H35N3O2. The minimum atomic E-state index is 0.0622. The first-order valence-electron chi connectivity index (χ1n) is 13.3. The van der Waals surface area contributed by atoms with Gasteiger partial charge in [-0.05, 0) is 36.2 Å². The van der Waals surface area contributed by atoms with Crippen LogP contribution >= 0.6 is 0 Å². The molecule has 5 rings (SSSR count). The second kappa shape index (κ2) is 12.0. The number of nitrogens with zero attached hydrogens (tertiary/aromatic N) is 3. The van der Waals surface area contributed by atoms with Gasteiger partial charge < -0.3 is 14.2 Å². The van der Waals surface area contributed by atoms with Crippen LogP contribution in [0.5, 0.6) is 5.75 Å². The van der Waals surface area contributed by atoms with E-state index in [0.29, 0.717) is 31.9 Å². The maximum absolute atomic E-state index is 13.7. The summed E-state index contributed by atoms with van der Waals surface area (Å²) < 4.78 is 8.29. The second-order valence-electron chi connectivity index (χ2n) is 9.80. The third kappa shape index (κ3) is 5.90. The lowest BCUT2D eigenvalue weighted by atomic mass is 10.1. The van der Waals surface area contributed by atoms with Gasteiger partial charge in [-0.15, -0.1) is 6.58 Å². The zero-order chi connectivity index (χ0) is 26.3. The molecule has 1 aromatic heterocycles. The fourth-order valence-corrected chi connectivity index (χ4v) is 5.05. The highest BCUT2D eigenvalue weighted by Crippen LogP contribution is 2.30. The number of carbonyl (C=O) groups is 1. The smallest absolute Gasteiger partial charge is 0.270 e. The largest absolute Gasteiger partial charge is 0.488 e. The number of piperazine rings is 1. The van der Waals surface area contributed by atoms with Crippen molar-refractivity contribution >= 4 is 22.9 Å². The Labute approximate surface area is 225 Å². The Bertz CT molecular complexity index is 1430. The van der Waals surface area contributed by atoms with Crippen LogP contribution < -0.4 is 4.74 Å². The van der Waals surface area contributed by atoms with Crippen LogP contribution in [-0.2, 0) is 13.2 Å². The molecule has 0 spiro atoms. The lowest BCUT2D eigenvalue weighted by Crippen LogP contribution is -2.49. The number of fused-ring (bicyclic) bond motifs is 1. The fraction of sp³-hybridized carbons (Fsp3) is 0.242. The molecule has 0 radical (unpaired) electrons. The molecule has 1 saturated heterocycles. The number of rotatable bonds is 9. The van der Waals surface area contributed by atoms with Crippen LogP contribution in [0.4, 0.5) is 0 Å². The number of amides is 1. The van der Waals surface area contributed by atoms with Gasteiger partial charge in [0.05, 0.1) is 5.52 Å². The molecule has 1 aliphatic rings. The highest BCUT2D eigenvalue weighted by atomic mass is 16.5. The summed E-state index contributed by atoms with van der Waals surface area (Å²) in [6.07, 6.45) is 6.20. The Morgan fingerprint density at radius 1 is 0.921 bits per heavy atom. The highest BCUT2D eigenvalue weighted by molar-refractivity contribution is 6.00. The van der Waals surface area contributed by atoms with Gasteiger partial charge in [-0.1, -0.05) is 84.5 Å². The van der Waals surface area contributed by atoms with Gasteiger partial charge in [0.2, 0.25) is 0 Å². The summed E-state index contributed by atoms with van der Waals surface area (Å²) in [7, 11) is 0. The summed E-state index contributed by atoms with van der Waals surface area (Å²) in [5.41, 5.74) is 5.21. The van der Waals surface area contributed by atoms with Crippen LogP contribution in [0.15, 0.2) is 97.6 Å². The van der Waals surface area contributed by atoms with Crippen molar-refractivity contribution in [3.63, 3.8) is 0 Å². The van der Waals surface area contributed by atoms with E-state index in [-0.39, 0.29) is 5.91 Å². The minimum absolute atomic E-state index is 0.0622. The molecule has 0 bridgehead atoms. The molecule has 1 aliphatic heterocycles. The Balaban J connectivity index is 1.28. The summed E-state index contributed by atoms with van der Waals surface area (Å²) in [6.45, 7) is 11.1. The van der Waals surface area contributed by atoms with E-state index in [1.165, 1.54) is 11.1 Å². The summed E-state index contributed by atoms with van der Waals surface area (Å²) in [6, 6.07) is 26.7. The summed E-state index contributed by atoms with van der Waals surface area (Å²) in [5, 5.41) is 0.954. The molecule has 1 fully saturated rings. The highest BCUT2D eigenvalue weighted by Gasteiger charge is 2.25. The van der Waals surface area contributed by atoms with Crippen LogP contribution in [0.2, 0.25) is 0 Å². The van der Waals surface area contributed by atoms with Crippen molar-refractivity contribution in [2.45, 2.75) is 20.1 Å². The topological polar surface area (TPSA) is 37.7 Å². The molecule has 4 aromatic rings. The number of allylic oxidation sites excluding steroid dienone is 1. The molecular weight excluding hydrogens is 470 g/mol. The van der Waals surface area contributed by atoms with Gasteiger partial charge in [0, 0.05) is 44.7 Å². The third-order valence-corrected chi connectivity index (χ3v) is 7.05. The zero-order valence-corrected chi connectivity index (χ0v) is 22.1. The Kier molecular flexibility index (Phi) is 8.05. The van der Waals surface area contributed by atoms with Gasteiger partial charge in [0.1, 0.15) is 18.1 Å². The lowest BCUT2D eigenvalue weighted by Gasteiger charge is -2.34. The van der Waals surface area contributed by atoms with Gasteiger partial charge in [0.25, 0.3) is 5.91 Å². The standard InChI is InChI=1S/C33H35N3O2/c1-3-17-36-30-15-8-16-32(38-25-28-13-7-10-26(2)23-28)29(30)24-31(36)33(37)35-21-19-34(20-22-35)18-9-14-27-11-5-4-6-12-27/h3-16,23-24H,1,17-22,25H2,2H3/b14-9+. The zero-order valence-electron chi connectivity index (χ0n) is 22.1. The van der Waals surface area contributed by atoms with Gasteiger partial charge >= 0.3 is 0 Å². The molecule has 5 nitrogen and oxygen atoms in total. The lowest BCUT2D eigenvalue weighted by molar-refractivity contribution is 0.0640. The van der Waals surface area contributed by atoms with Crippen molar-refractivity contribution in [3.05, 3.63) is 120 Å².